The summed E-state index contributed by atoms with van der Waals surface area (Å²) < 4.78 is 22.1. The normalized spacial score (nSPS) is 37.0. The zero-order chi connectivity index (χ0) is 15.9. The van der Waals surface area contributed by atoms with Crippen LogP contribution in [0.3, 0.4) is 0 Å². The Hall–Kier alpha value is -1.38. The lowest BCUT2D eigenvalue weighted by atomic mass is 9.82. The zero-order valence-electron chi connectivity index (χ0n) is 12.4. The highest BCUT2D eigenvalue weighted by atomic mass is 16.7. The molecule has 0 aliphatic carbocycles. The third kappa shape index (κ3) is 2.35. The molecule has 6 atom stereocenters. The average molecular weight is 312 g/mol. The molecule has 3 N–H and O–H groups in total. The van der Waals surface area contributed by atoms with Crippen LogP contribution in [-0.4, -0.2) is 60.7 Å². The topological polar surface area (TPSA) is 97.6 Å². The zero-order valence-corrected chi connectivity index (χ0v) is 12.4. The Labute approximate surface area is 128 Å². The van der Waals surface area contributed by atoms with E-state index in [1.165, 1.54) is 7.11 Å². The highest BCUT2D eigenvalue weighted by Crippen LogP contribution is 2.46. The number of benzene rings is 1. The predicted octanol–water partition coefficient (Wildman–Crippen LogP) is -0.170. The van der Waals surface area contributed by atoms with Crippen molar-refractivity contribution in [2.45, 2.75) is 30.7 Å². The third-order valence-electron chi connectivity index (χ3n) is 4.30. The molecule has 1 saturated heterocycles. The number of fused-ring (bicyclic) bond motifs is 2. The SMILES string of the molecule is COc1ccc2c(c1)OC1O[C@H](CO)[C@@H](O)[C@H](O)C1[C@H]2OC. The van der Waals surface area contributed by atoms with Crippen molar-refractivity contribution in [3.05, 3.63) is 23.8 Å². The van der Waals surface area contributed by atoms with E-state index in [0.29, 0.717) is 11.5 Å². The summed E-state index contributed by atoms with van der Waals surface area (Å²) in [5.41, 5.74) is 0.752. The number of rotatable bonds is 3. The molecule has 1 aromatic rings. The van der Waals surface area contributed by atoms with E-state index < -0.39 is 43.2 Å². The van der Waals surface area contributed by atoms with Crippen LogP contribution in [0, 0.1) is 5.92 Å². The van der Waals surface area contributed by atoms with Gasteiger partial charge >= 0.3 is 0 Å². The van der Waals surface area contributed by atoms with Crippen LogP contribution < -0.4 is 9.47 Å². The molecule has 0 aromatic heterocycles. The molecule has 1 aromatic carbocycles. The molecule has 0 radical (unpaired) electrons. The van der Waals surface area contributed by atoms with Gasteiger partial charge in [-0.3, -0.25) is 0 Å². The molecule has 7 heteroatoms. The van der Waals surface area contributed by atoms with Gasteiger partial charge in [-0.1, -0.05) is 0 Å². The number of aliphatic hydroxyl groups excluding tert-OH is 3. The molecule has 1 fully saturated rings. The summed E-state index contributed by atoms with van der Waals surface area (Å²) >= 11 is 0. The molecule has 0 spiro atoms. The minimum absolute atomic E-state index is 0.409. The summed E-state index contributed by atoms with van der Waals surface area (Å²) in [7, 11) is 3.08. The Morgan fingerprint density at radius 1 is 1.18 bits per heavy atom. The lowest BCUT2D eigenvalue weighted by Crippen LogP contribution is -2.60. The second kappa shape index (κ2) is 6.02. The van der Waals surface area contributed by atoms with Crippen LogP contribution in [-0.2, 0) is 9.47 Å². The number of ether oxygens (including phenoxy) is 4. The van der Waals surface area contributed by atoms with E-state index >= 15 is 0 Å². The first-order chi connectivity index (χ1) is 10.6. The first kappa shape index (κ1) is 15.5. The van der Waals surface area contributed by atoms with E-state index in [1.807, 2.05) is 0 Å². The number of hydrogen-bond donors (Lipinski definition) is 3. The maximum Gasteiger partial charge on any atom is 0.208 e. The first-order valence-electron chi connectivity index (χ1n) is 7.10. The van der Waals surface area contributed by atoms with Crippen LogP contribution >= 0.6 is 0 Å². The smallest absolute Gasteiger partial charge is 0.208 e. The van der Waals surface area contributed by atoms with Crippen LogP contribution in [0.5, 0.6) is 11.5 Å². The Morgan fingerprint density at radius 3 is 2.59 bits per heavy atom. The molecule has 2 unspecified atom stereocenters. The van der Waals surface area contributed by atoms with Gasteiger partial charge < -0.3 is 34.3 Å². The molecular formula is C15H20O7. The monoisotopic (exact) mass is 312 g/mol. The van der Waals surface area contributed by atoms with E-state index in [2.05, 4.69) is 0 Å². The summed E-state index contributed by atoms with van der Waals surface area (Å²) in [5, 5.41) is 29.7. The van der Waals surface area contributed by atoms with Crippen molar-refractivity contribution < 1.29 is 34.3 Å². The van der Waals surface area contributed by atoms with Crippen molar-refractivity contribution >= 4 is 0 Å². The molecule has 0 saturated carbocycles. The van der Waals surface area contributed by atoms with Crippen LogP contribution in [0.1, 0.15) is 11.7 Å². The number of hydrogen-bond acceptors (Lipinski definition) is 7. The van der Waals surface area contributed by atoms with E-state index in [4.69, 9.17) is 18.9 Å². The minimum Gasteiger partial charge on any atom is -0.497 e. The van der Waals surface area contributed by atoms with Gasteiger partial charge in [0.05, 0.1) is 31.8 Å². The van der Waals surface area contributed by atoms with E-state index in [-0.39, 0.29) is 0 Å². The Balaban J connectivity index is 1.99. The molecule has 0 bridgehead atoms. The molecular weight excluding hydrogens is 292 g/mol. The van der Waals surface area contributed by atoms with Gasteiger partial charge in [-0.15, -0.1) is 0 Å². The van der Waals surface area contributed by atoms with Gasteiger partial charge in [0.25, 0.3) is 0 Å². The van der Waals surface area contributed by atoms with E-state index in [1.54, 1.807) is 25.3 Å². The summed E-state index contributed by atoms with van der Waals surface area (Å²) in [6.07, 6.45) is -4.55. The Morgan fingerprint density at radius 2 is 1.95 bits per heavy atom. The summed E-state index contributed by atoms with van der Waals surface area (Å²) in [4.78, 5) is 0. The van der Waals surface area contributed by atoms with Crippen LogP contribution in [0.4, 0.5) is 0 Å². The van der Waals surface area contributed by atoms with Crippen LogP contribution in [0.25, 0.3) is 0 Å². The molecule has 22 heavy (non-hydrogen) atoms. The quantitative estimate of drug-likeness (QED) is 0.713. The van der Waals surface area contributed by atoms with Gasteiger partial charge in [-0.05, 0) is 12.1 Å². The van der Waals surface area contributed by atoms with Crippen molar-refractivity contribution in [3.63, 3.8) is 0 Å². The second-order valence-electron chi connectivity index (χ2n) is 5.46. The third-order valence-corrected chi connectivity index (χ3v) is 4.30. The molecule has 2 aliphatic heterocycles. The van der Waals surface area contributed by atoms with Crippen LogP contribution in [0.15, 0.2) is 18.2 Å². The highest BCUT2D eigenvalue weighted by molar-refractivity contribution is 5.44. The van der Waals surface area contributed by atoms with Crippen molar-refractivity contribution in [3.8, 4) is 11.5 Å². The maximum atomic E-state index is 10.4. The molecule has 122 valence electrons. The second-order valence-corrected chi connectivity index (χ2v) is 5.46. The summed E-state index contributed by atoms with van der Waals surface area (Å²) in [6, 6.07) is 5.29. The Kier molecular flexibility index (Phi) is 4.24. The maximum absolute atomic E-state index is 10.4. The van der Waals surface area contributed by atoms with E-state index in [0.717, 1.165) is 5.56 Å². The fourth-order valence-corrected chi connectivity index (χ4v) is 3.13. The lowest BCUT2D eigenvalue weighted by Gasteiger charge is -2.47. The summed E-state index contributed by atoms with van der Waals surface area (Å²) in [5.74, 6) is 0.568. The minimum atomic E-state index is -1.20. The number of methoxy groups -OCH3 is 2. The van der Waals surface area contributed by atoms with Crippen molar-refractivity contribution in [1.29, 1.82) is 0 Å². The lowest BCUT2D eigenvalue weighted by molar-refractivity contribution is -0.285. The molecule has 2 aliphatic rings. The Bertz CT molecular complexity index is 535. The molecule has 0 amide bonds. The van der Waals surface area contributed by atoms with Gasteiger partial charge in [0.1, 0.15) is 23.7 Å². The van der Waals surface area contributed by atoms with Gasteiger partial charge in [0, 0.05) is 18.7 Å². The van der Waals surface area contributed by atoms with Gasteiger partial charge in [0.15, 0.2) is 0 Å². The number of aliphatic hydroxyl groups is 3. The van der Waals surface area contributed by atoms with Crippen LogP contribution in [0.2, 0.25) is 0 Å². The fourth-order valence-electron chi connectivity index (χ4n) is 3.13. The van der Waals surface area contributed by atoms with E-state index in [9.17, 15) is 15.3 Å². The van der Waals surface area contributed by atoms with Crippen molar-refractivity contribution in [2.24, 2.45) is 5.92 Å². The van der Waals surface area contributed by atoms with Gasteiger partial charge in [-0.25, -0.2) is 0 Å². The van der Waals surface area contributed by atoms with Crippen molar-refractivity contribution in [2.75, 3.05) is 20.8 Å². The van der Waals surface area contributed by atoms with Gasteiger partial charge in [-0.2, -0.15) is 0 Å². The fraction of sp³-hybridized carbons (Fsp3) is 0.600. The average Bonchev–Trinajstić information content (AvgIpc) is 2.55. The largest absolute Gasteiger partial charge is 0.497 e. The highest BCUT2D eigenvalue weighted by Gasteiger charge is 2.52. The standard InChI is InChI=1S/C15H20O7/c1-19-7-3-4-8-9(5-7)21-15-11(14(8)20-2)13(18)12(17)10(6-16)22-15/h3-5,10-18H,6H2,1-2H3/t10-,11?,12-,13-,14+,15?/m1/s1. The van der Waals surface area contributed by atoms with Gasteiger partial charge in [0.2, 0.25) is 6.29 Å². The summed E-state index contributed by atoms with van der Waals surface area (Å²) in [6.45, 7) is -0.409. The molecule has 3 rings (SSSR count). The molecule has 7 nitrogen and oxygen atoms in total. The van der Waals surface area contributed by atoms with Crippen molar-refractivity contribution in [1.82, 2.24) is 0 Å². The molecule has 2 heterocycles. The first-order valence-corrected chi connectivity index (χ1v) is 7.10. The predicted molar refractivity (Wildman–Crippen MR) is 74.6 cm³/mol.